The Morgan fingerprint density at radius 1 is 1.42 bits per heavy atom. The Labute approximate surface area is 109 Å². The van der Waals surface area contributed by atoms with Crippen LogP contribution >= 0.6 is 0 Å². The van der Waals surface area contributed by atoms with E-state index >= 15 is 0 Å². The molecule has 6 heteroatoms. The molecule has 1 aromatic carbocycles. The van der Waals surface area contributed by atoms with Gasteiger partial charge in [0.1, 0.15) is 0 Å². The van der Waals surface area contributed by atoms with Crippen LogP contribution in [0.15, 0.2) is 24.3 Å². The Kier molecular flexibility index (Phi) is 4.09. The second kappa shape index (κ2) is 5.61. The summed E-state index contributed by atoms with van der Waals surface area (Å²) in [6, 6.07) is 5.00. The van der Waals surface area contributed by atoms with Gasteiger partial charge in [-0.1, -0.05) is 12.1 Å². The van der Waals surface area contributed by atoms with Crippen LogP contribution in [0.4, 0.5) is 13.2 Å². The summed E-state index contributed by atoms with van der Waals surface area (Å²) < 4.78 is 37.6. The van der Waals surface area contributed by atoms with Crippen LogP contribution in [0.5, 0.6) is 0 Å². The molecule has 0 saturated carbocycles. The number of hydrogen-bond acceptors (Lipinski definition) is 2. The Balaban J connectivity index is 1.94. The SMILES string of the molecule is O=C(NCc1cccc(C(F)(F)F)c1)C1CCNC1. The summed E-state index contributed by atoms with van der Waals surface area (Å²) in [5.41, 5.74) is -0.240. The predicted molar refractivity (Wildman–Crippen MR) is 64.3 cm³/mol. The molecule has 1 aliphatic rings. The third-order valence-electron chi connectivity index (χ3n) is 3.15. The first kappa shape index (κ1) is 13.9. The number of carbonyl (C=O) groups excluding carboxylic acids is 1. The van der Waals surface area contributed by atoms with Crippen molar-refractivity contribution in [1.82, 2.24) is 10.6 Å². The van der Waals surface area contributed by atoms with E-state index in [1.807, 2.05) is 0 Å². The van der Waals surface area contributed by atoms with Crippen molar-refractivity contribution in [2.24, 2.45) is 5.92 Å². The maximum absolute atomic E-state index is 12.5. The third-order valence-corrected chi connectivity index (χ3v) is 3.15. The minimum Gasteiger partial charge on any atom is -0.352 e. The Morgan fingerprint density at radius 3 is 2.84 bits per heavy atom. The molecule has 3 nitrogen and oxygen atoms in total. The highest BCUT2D eigenvalue weighted by Crippen LogP contribution is 2.29. The quantitative estimate of drug-likeness (QED) is 0.882. The van der Waals surface area contributed by atoms with Crippen LogP contribution in [0.1, 0.15) is 17.5 Å². The van der Waals surface area contributed by atoms with Crippen molar-refractivity contribution >= 4 is 5.91 Å². The topological polar surface area (TPSA) is 41.1 Å². The molecule has 1 atom stereocenters. The molecular formula is C13H15F3N2O. The molecule has 0 radical (unpaired) electrons. The number of halogens is 3. The van der Waals surface area contributed by atoms with Gasteiger partial charge in [0.05, 0.1) is 11.5 Å². The van der Waals surface area contributed by atoms with Crippen LogP contribution in [0.3, 0.4) is 0 Å². The van der Waals surface area contributed by atoms with Gasteiger partial charge in [0, 0.05) is 13.1 Å². The number of benzene rings is 1. The highest BCUT2D eigenvalue weighted by molar-refractivity contribution is 5.79. The summed E-state index contributed by atoms with van der Waals surface area (Å²) in [7, 11) is 0. The van der Waals surface area contributed by atoms with Crippen LogP contribution in [-0.2, 0) is 17.5 Å². The minimum absolute atomic E-state index is 0.0780. The van der Waals surface area contributed by atoms with Gasteiger partial charge >= 0.3 is 6.18 Å². The van der Waals surface area contributed by atoms with Gasteiger partial charge in [0.2, 0.25) is 5.91 Å². The second-order valence-corrected chi connectivity index (χ2v) is 4.61. The molecule has 1 unspecified atom stereocenters. The van der Waals surface area contributed by atoms with Crippen molar-refractivity contribution in [2.45, 2.75) is 19.1 Å². The monoisotopic (exact) mass is 272 g/mol. The molecule has 1 saturated heterocycles. The molecule has 1 heterocycles. The van der Waals surface area contributed by atoms with Gasteiger partial charge in [0.25, 0.3) is 0 Å². The molecule has 2 N–H and O–H groups in total. The van der Waals surface area contributed by atoms with Crippen molar-refractivity contribution < 1.29 is 18.0 Å². The molecule has 2 rings (SSSR count). The highest BCUT2D eigenvalue weighted by Gasteiger charge is 2.30. The maximum atomic E-state index is 12.5. The largest absolute Gasteiger partial charge is 0.416 e. The first-order chi connectivity index (χ1) is 8.97. The van der Waals surface area contributed by atoms with Crippen molar-refractivity contribution in [3.63, 3.8) is 0 Å². The third kappa shape index (κ3) is 3.70. The number of hydrogen-bond donors (Lipinski definition) is 2. The average Bonchev–Trinajstić information content (AvgIpc) is 2.89. The van der Waals surface area contributed by atoms with Crippen LogP contribution in [0.25, 0.3) is 0 Å². The molecule has 1 fully saturated rings. The van der Waals surface area contributed by atoms with Crippen molar-refractivity contribution in [2.75, 3.05) is 13.1 Å². The smallest absolute Gasteiger partial charge is 0.352 e. The Bertz CT molecular complexity index is 453. The fourth-order valence-electron chi connectivity index (χ4n) is 2.07. The predicted octanol–water partition coefficient (Wildman–Crippen LogP) is 1.93. The zero-order valence-electron chi connectivity index (χ0n) is 10.3. The molecule has 104 valence electrons. The number of carbonyl (C=O) groups is 1. The lowest BCUT2D eigenvalue weighted by Gasteiger charge is -2.11. The van der Waals surface area contributed by atoms with Gasteiger partial charge in [-0.05, 0) is 30.7 Å². The van der Waals surface area contributed by atoms with Gasteiger partial charge in [-0.2, -0.15) is 13.2 Å². The summed E-state index contributed by atoms with van der Waals surface area (Å²) >= 11 is 0. The standard InChI is InChI=1S/C13H15F3N2O/c14-13(15,16)11-3-1-2-9(6-11)7-18-12(19)10-4-5-17-8-10/h1-3,6,10,17H,4-5,7-8H2,(H,18,19). The first-order valence-electron chi connectivity index (χ1n) is 6.11. The van der Waals surface area contributed by atoms with Crippen LogP contribution in [0, 0.1) is 5.92 Å². The molecular weight excluding hydrogens is 257 g/mol. The van der Waals surface area contributed by atoms with E-state index in [1.54, 1.807) is 6.07 Å². The summed E-state index contributed by atoms with van der Waals surface area (Å²) in [5.74, 6) is -0.187. The Hall–Kier alpha value is -1.56. The second-order valence-electron chi connectivity index (χ2n) is 4.61. The molecule has 19 heavy (non-hydrogen) atoms. The number of alkyl halides is 3. The number of rotatable bonds is 3. The summed E-state index contributed by atoms with van der Waals surface area (Å²) in [5, 5.41) is 5.74. The maximum Gasteiger partial charge on any atom is 0.416 e. The van der Waals surface area contributed by atoms with E-state index in [0.29, 0.717) is 12.1 Å². The van der Waals surface area contributed by atoms with Crippen molar-refractivity contribution in [1.29, 1.82) is 0 Å². The van der Waals surface area contributed by atoms with Crippen LogP contribution in [0.2, 0.25) is 0 Å². The Morgan fingerprint density at radius 2 is 2.21 bits per heavy atom. The van der Waals surface area contributed by atoms with E-state index in [-0.39, 0.29) is 18.4 Å². The van der Waals surface area contributed by atoms with E-state index in [0.717, 1.165) is 25.1 Å². The average molecular weight is 272 g/mol. The van der Waals surface area contributed by atoms with Gasteiger partial charge in [-0.15, -0.1) is 0 Å². The van der Waals surface area contributed by atoms with E-state index in [1.165, 1.54) is 6.07 Å². The van der Waals surface area contributed by atoms with E-state index in [4.69, 9.17) is 0 Å². The summed E-state index contributed by atoms with van der Waals surface area (Å²) in [6.45, 7) is 1.56. The molecule has 0 aliphatic carbocycles. The zero-order chi connectivity index (χ0) is 13.9. The lowest BCUT2D eigenvalue weighted by Crippen LogP contribution is -2.31. The minimum atomic E-state index is -4.35. The zero-order valence-corrected chi connectivity index (χ0v) is 10.3. The summed E-state index contributed by atoms with van der Waals surface area (Å²) in [4.78, 5) is 11.7. The molecule has 0 aromatic heterocycles. The summed E-state index contributed by atoms with van der Waals surface area (Å²) in [6.07, 6.45) is -3.58. The molecule has 1 aliphatic heterocycles. The van der Waals surface area contributed by atoms with Crippen molar-refractivity contribution in [3.8, 4) is 0 Å². The van der Waals surface area contributed by atoms with E-state index in [9.17, 15) is 18.0 Å². The highest BCUT2D eigenvalue weighted by atomic mass is 19.4. The van der Waals surface area contributed by atoms with Gasteiger partial charge in [0.15, 0.2) is 0 Å². The lowest BCUT2D eigenvalue weighted by atomic mass is 10.1. The van der Waals surface area contributed by atoms with Gasteiger partial charge in [-0.25, -0.2) is 0 Å². The fourth-order valence-corrected chi connectivity index (χ4v) is 2.07. The van der Waals surface area contributed by atoms with Crippen LogP contribution in [-0.4, -0.2) is 19.0 Å². The molecule has 0 spiro atoms. The van der Waals surface area contributed by atoms with Gasteiger partial charge < -0.3 is 10.6 Å². The molecule has 0 bridgehead atoms. The fraction of sp³-hybridized carbons (Fsp3) is 0.462. The number of amides is 1. The number of nitrogens with one attached hydrogen (secondary N) is 2. The van der Waals surface area contributed by atoms with Crippen molar-refractivity contribution in [3.05, 3.63) is 35.4 Å². The molecule has 1 aromatic rings. The normalized spacial score (nSPS) is 19.4. The first-order valence-corrected chi connectivity index (χ1v) is 6.11. The lowest BCUT2D eigenvalue weighted by molar-refractivity contribution is -0.137. The van der Waals surface area contributed by atoms with E-state index in [2.05, 4.69) is 10.6 Å². The molecule has 1 amide bonds. The van der Waals surface area contributed by atoms with Crippen LogP contribution < -0.4 is 10.6 Å². The van der Waals surface area contributed by atoms with E-state index < -0.39 is 11.7 Å². The van der Waals surface area contributed by atoms with Gasteiger partial charge in [-0.3, -0.25) is 4.79 Å².